The number of ether oxygens (including phenoxy) is 1. The van der Waals surface area contributed by atoms with Crippen LogP contribution in [-0.2, 0) is 0 Å². The van der Waals surface area contributed by atoms with E-state index < -0.39 is 17.1 Å². The fourth-order valence-corrected chi connectivity index (χ4v) is 1.41. The number of nitrogens with zero attached hydrogens (tertiary/aromatic N) is 1. The number of benzene rings is 1. The summed E-state index contributed by atoms with van der Waals surface area (Å²) in [5.41, 5.74) is 0.238. The molecule has 0 heterocycles. The first-order valence-electron chi connectivity index (χ1n) is 5.73. The molecule has 0 aliphatic rings. The van der Waals surface area contributed by atoms with Crippen molar-refractivity contribution in [1.29, 1.82) is 0 Å². The zero-order valence-corrected chi connectivity index (χ0v) is 10.4. The van der Waals surface area contributed by atoms with Crippen molar-refractivity contribution in [2.45, 2.75) is 32.5 Å². The van der Waals surface area contributed by atoms with Gasteiger partial charge in [-0.15, -0.1) is 0 Å². The van der Waals surface area contributed by atoms with Gasteiger partial charge in [-0.25, -0.2) is 0 Å². The number of aliphatic hydroxyl groups excluding tert-OH is 2. The molecule has 2 N–H and O–H groups in total. The Labute approximate surface area is 105 Å². The summed E-state index contributed by atoms with van der Waals surface area (Å²) in [6.45, 7) is 3.41. The van der Waals surface area contributed by atoms with E-state index in [1.807, 2.05) is 6.92 Å². The third-order valence-electron chi connectivity index (χ3n) is 2.56. The molecule has 0 aliphatic carbocycles. The zero-order valence-electron chi connectivity index (χ0n) is 10.4. The van der Waals surface area contributed by atoms with Gasteiger partial charge in [0, 0.05) is 17.7 Å². The predicted molar refractivity (Wildman–Crippen MR) is 65.5 cm³/mol. The van der Waals surface area contributed by atoms with Gasteiger partial charge in [-0.05, 0) is 19.4 Å². The van der Waals surface area contributed by atoms with E-state index in [0.29, 0.717) is 17.7 Å². The molecular formula is C12H17NO5. The van der Waals surface area contributed by atoms with Crippen LogP contribution in [0.25, 0.3) is 0 Å². The van der Waals surface area contributed by atoms with Crippen molar-refractivity contribution in [3.05, 3.63) is 33.9 Å². The zero-order chi connectivity index (χ0) is 13.7. The van der Waals surface area contributed by atoms with Gasteiger partial charge in [-0.1, -0.05) is 6.92 Å². The SMILES string of the molecule is CCC(O)COc1ccc([N+](=O)[O-])cc1[C@H](C)O. The first-order valence-corrected chi connectivity index (χ1v) is 5.73. The fourth-order valence-electron chi connectivity index (χ4n) is 1.41. The molecule has 0 spiro atoms. The summed E-state index contributed by atoms with van der Waals surface area (Å²) in [5.74, 6) is 0.350. The smallest absolute Gasteiger partial charge is 0.270 e. The van der Waals surface area contributed by atoms with Crippen LogP contribution in [0.5, 0.6) is 5.75 Å². The van der Waals surface area contributed by atoms with Crippen molar-refractivity contribution in [3.63, 3.8) is 0 Å². The fraction of sp³-hybridized carbons (Fsp3) is 0.500. The molecule has 0 fully saturated rings. The number of nitro groups is 1. The highest BCUT2D eigenvalue weighted by Crippen LogP contribution is 2.29. The summed E-state index contributed by atoms with van der Waals surface area (Å²) in [7, 11) is 0. The molecule has 0 aliphatic heterocycles. The van der Waals surface area contributed by atoms with Gasteiger partial charge in [0.1, 0.15) is 12.4 Å². The highest BCUT2D eigenvalue weighted by Gasteiger charge is 2.16. The maximum absolute atomic E-state index is 10.6. The van der Waals surface area contributed by atoms with E-state index in [2.05, 4.69) is 0 Å². The van der Waals surface area contributed by atoms with Crippen LogP contribution in [0.2, 0.25) is 0 Å². The molecule has 6 heteroatoms. The van der Waals surface area contributed by atoms with Crippen molar-refractivity contribution in [2.75, 3.05) is 6.61 Å². The Hall–Kier alpha value is -1.66. The normalized spacial score (nSPS) is 14.0. The van der Waals surface area contributed by atoms with E-state index in [4.69, 9.17) is 4.74 Å². The molecule has 6 nitrogen and oxygen atoms in total. The van der Waals surface area contributed by atoms with E-state index in [1.54, 1.807) is 0 Å². The van der Waals surface area contributed by atoms with E-state index in [-0.39, 0.29) is 12.3 Å². The first kappa shape index (κ1) is 14.4. The van der Waals surface area contributed by atoms with Gasteiger partial charge in [0.25, 0.3) is 5.69 Å². The topological polar surface area (TPSA) is 92.8 Å². The van der Waals surface area contributed by atoms with Gasteiger partial charge in [0.05, 0.1) is 17.1 Å². The Balaban J connectivity index is 2.93. The maximum Gasteiger partial charge on any atom is 0.270 e. The predicted octanol–water partition coefficient (Wildman–Crippen LogP) is 1.80. The second-order valence-corrected chi connectivity index (χ2v) is 4.03. The first-order chi connectivity index (χ1) is 8.45. The van der Waals surface area contributed by atoms with Crippen LogP contribution in [0, 0.1) is 10.1 Å². The summed E-state index contributed by atoms with van der Waals surface area (Å²) in [6.07, 6.45) is -0.919. The molecule has 100 valence electrons. The summed E-state index contributed by atoms with van der Waals surface area (Å²) >= 11 is 0. The minimum Gasteiger partial charge on any atom is -0.491 e. The van der Waals surface area contributed by atoms with Crippen LogP contribution in [0.3, 0.4) is 0 Å². The lowest BCUT2D eigenvalue weighted by atomic mass is 10.1. The van der Waals surface area contributed by atoms with Crippen molar-refractivity contribution >= 4 is 5.69 Å². The van der Waals surface area contributed by atoms with Gasteiger partial charge in [-0.2, -0.15) is 0 Å². The molecule has 1 aromatic rings. The largest absolute Gasteiger partial charge is 0.491 e. The Morgan fingerprint density at radius 2 is 2.11 bits per heavy atom. The lowest BCUT2D eigenvalue weighted by molar-refractivity contribution is -0.385. The molecule has 0 bridgehead atoms. The summed E-state index contributed by atoms with van der Waals surface area (Å²) in [5, 5.41) is 29.6. The van der Waals surface area contributed by atoms with Gasteiger partial charge in [0.2, 0.25) is 0 Å². The minimum absolute atomic E-state index is 0.0913. The standard InChI is InChI=1S/C12H17NO5/c1-3-10(15)7-18-12-5-4-9(13(16)17)6-11(12)8(2)14/h4-6,8,10,14-15H,3,7H2,1-2H3/t8-,10?/m0/s1. The number of hydrogen-bond donors (Lipinski definition) is 2. The van der Waals surface area contributed by atoms with Gasteiger partial charge < -0.3 is 14.9 Å². The molecule has 0 amide bonds. The van der Waals surface area contributed by atoms with E-state index >= 15 is 0 Å². The van der Waals surface area contributed by atoms with Gasteiger partial charge in [0.15, 0.2) is 0 Å². The molecule has 0 aromatic heterocycles. The second-order valence-electron chi connectivity index (χ2n) is 4.03. The van der Waals surface area contributed by atoms with Crippen LogP contribution in [-0.4, -0.2) is 27.8 Å². The Morgan fingerprint density at radius 1 is 1.44 bits per heavy atom. The third-order valence-corrected chi connectivity index (χ3v) is 2.56. The average molecular weight is 255 g/mol. The van der Waals surface area contributed by atoms with Crippen molar-refractivity contribution in [3.8, 4) is 5.75 Å². The van der Waals surface area contributed by atoms with Crippen molar-refractivity contribution in [1.82, 2.24) is 0 Å². The number of aliphatic hydroxyl groups is 2. The molecular weight excluding hydrogens is 238 g/mol. The number of non-ortho nitro benzene ring substituents is 1. The monoisotopic (exact) mass is 255 g/mol. The second kappa shape index (κ2) is 6.32. The Morgan fingerprint density at radius 3 is 2.61 bits per heavy atom. The number of rotatable bonds is 6. The van der Waals surface area contributed by atoms with Gasteiger partial charge in [-0.3, -0.25) is 10.1 Å². The van der Waals surface area contributed by atoms with Crippen LogP contribution >= 0.6 is 0 Å². The molecule has 1 rings (SSSR count). The summed E-state index contributed by atoms with van der Waals surface area (Å²) in [4.78, 5) is 10.1. The Bertz CT molecular complexity index is 419. The highest BCUT2D eigenvalue weighted by molar-refractivity contribution is 5.44. The molecule has 1 unspecified atom stereocenters. The molecule has 0 radical (unpaired) electrons. The van der Waals surface area contributed by atoms with E-state index in [0.717, 1.165) is 0 Å². The van der Waals surface area contributed by atoms with Crippen LogP contribution in [0.4, 0.5) is 5.69 Å². The van der Waals surface area contributed by atoms with Crippen molar-refractivity contribution in [2.24, 2.45) is 0 Å². The number of nitro benzene ring substituents is 1. The quantitative estimate of drug-likeness (QED) is 0.597. The lowest BCUT2D eigenvalue weighted by Gasteiger charge is -2.15. The minimum atomic E-state index is -0.876. The molecule has 18 heavy (non-hydrogen) atoms. The summed E-state index contributed by atoms with van der Waals surface area (Å²) < 4.78 is 5.35. The molecule has 0 saturated carbocycles. The lowest BCUT2D eigenvalue weighted by Crippen LogP contribution is -2.17. The van der Waals surface area contributed by atoms with Crippen LogP contribution < -0.4 is 4.74 Å². The third kappa shape index (κ3) is 3.68. The van der Waals surface area contributed by atoms with Crippen LogP contribution in [0.15, 0.2) is 18.2 Å². The molecule has 2 atom stereocenters. The number of hydrogen-bond acceptors (Lipinski definition) is 5. The van der Waals surface area contributed by atoms with E-state index in [9.17, 15) is 20.3 Å². The Kier molecular flexibility index (Phi) is 5.06. The molecule has 0 saturated heterocycles. The molecule has 1 aromatic carbocycles. The highest BCUT2D eigenvalue weighted by atomic mass is 16.6. The van der Waals surface area contributed by atoms with Crippen LogP contribution in [0.1, 0.15) is 31.9 Å². The summed E-state index contributed by atoms with van der Waals surface area (Å²) in [6, 6.07) is 4.01. The maximum atomic E-state index is 10.6. The average Bonchev–Trinajstić information content (AvgIpc) is 2.35. The van der Waals surface area contributed by atoms with Crippen molar-refractivity contribution < 1.29 is 19.9 Å². The van der Waals surface area contributed by atoms with E-state index in [1.165, 1.54) is 25.1 Å². The van der Waals surface area contributed by atoms with Gasteiger partial charge >= 0.3 is 0 Å².